The van der Waals surface area contributed by atoms with Crippen LogP contribution in [0.25, 0.3) is 0 Å². The maximum absolute atomic E-state index is 13.5. The van der Waals surface area contributed by atoms with Crippen LogP contribution < -0.4 is 5.32 Å². The van der Waals surface area contributed by atoms with Crippen LogP contribution in [0.2, 0.25) is 0 Å². The summed E-state index contributed by atoms with van der Waals surface area (Å²) >= 11 is 0. The second-order valence-electron chi connectivity index (χ2n) is 4.48. The first-order valence-corrected chi connectivity index (χ1v) is 6.17. The van der Waals surface area contributed by atoms with E-state index in [9.17, 15) is 9.18 Å². The molecule has 0 fully saturated rings. The van der Waals surface area contributed by atoms with Crippen LogP contribution >= 0.6 is 0 Å². The predicted molar refractivity (Wildman–Crippen MR) is 72.1 cm³/mol. The average Bonchev–Trinajstić information content (AvgIpc) is 2.87. The van der Waals surface area contributed by atoms with Gasteiger partial charge in [0.1, 0.15) is 11.6 Å². The first-order valence-electron chi connectivity index (χ1n) is 6.17. The van der Waals surface area contributed by atoms with Crippen LogP contribution in [0, 0.1) is 12.7 Å². The van der Waals surface area contributed by atoms with Crippen molar-refractivity contribution in [2.24, 2.45) is 0 Å². The summed E-state index contributed by atoms with van der Waals surface area (Å²) in [6.07, 6.45) is 0. The summed E-state index contributed by atoms with van der Waals surface area (Å²) in [5, 5.41) is 3.05. The van der Waals surface area contributed by atoms with Gasteiger partial charge in [0.15, 0.2) is 0 Å². The number of halogens is 1. The third-order valence-electron chi connectivity index (χ3n) is 2.98. The van der Waals surface area contributed by atoms with Gasteiger partial charge >= 0.3 is 5.97 Å². The SMILES string of the molecule is CNC(c1cc(C)cc(F)c1)c1ccc(C(=O)OC)o1. The van der Waals surface area contributed by atoms with Crippen LogP contribution in [-0.2, 0) is 4.74 Å². The van der Waals surface area contributed by atoms with E-state index in [1.54, 1.807) is 13.1 Å². The molecule has 1 atom stereocenters. The van der Waals surface area contributed by atoms with Crippen molar-refractivity contribution in [1.29, 1.82) is 0 Å². The molecule has 4 nitrogen and oxygen atoms in total. The fourth-order valence-electron chi connectivity index (χ4n) is 2.12. The van der Waals surface area contributed by atoms with Gasteiger partial charge in [-0.2, -0.15) is 0 Å². The topological polar surface area (TPSA) is 51.5 Å². The summed E-state index contributed by atoms with van der Waals surface area (Å²) in [6, 6.07) is 7.64. The molecule has 0 bridgehead atoms. The lowest BCUT2D eigenvalue weighted by Crippen LogP contribution is -2.17. The summed E-state index contributed by atoms with van der Waals surface area (Å²) in [4.78, 5) is 11.4. The number of carbonyl (C=O) groups is 1. The zero-order valence-electron chi connectivity index (χ0n) is 11.6. The molecular weight excluding hydrogens is 261 g/mol. The van der Waals surface area contributed by atoms with Gasteiger partial charge in [0, 0.05) is 0 Å². The Morgan fingerprint density at radius 3 is 2.70 bits per heavy atom. The Bertz CT molecular complexity index is 601. The maximum atomic E-state index is 13.5. The summed E-state index contributed by atoms with van der Waals surface area (Å²) in [5.74, 6) is -0.199. The van der Waals surface area contributed by atoms with Crippen LogP contribution in [0.1, 0.15) is 33.5 Å². The molecule has 2 rings (SSSR count). The Kier molecular flexibility index (Phi) is 4.20. The van der Waals surface area contributed by atoms with Crippen LogP contribution in [0.5, 0.6) is 0 Å². The van der Waals surface area contributed by atoms with E-state index in [1.807, 2.05) is 13.0 Å². The number of ether oxygens (including phenoxy) is 1. The predicted octanol–water partition coefficient (Wildman–Crippen LogP) is 2.82. The molecule has 20 heavy (non-hydrogen) atoms. The number of methoxy groups -OCH3 is 1. The van der Waals surface area contributed by atoms with Gasteiger partial charge in [0.25, 0.3) is 0 Å². The minimum absolute atomic E-state index is 0.121. The zero-order chi connectivity index (χ0) is 14.7. The van der Waals surface area contributed by atoms with Gasteiger partial charge in [-0.15, -0.1) is 0 Å². The maximum Gasteiger partial charge on any atom is 0.373 e. The van der Waals surface area contributed by atoms with Crippen molar-refractivity contribution in [2.75, 3.05) is 14.2 Å². The van der Waals surface area contributed by atoms with Crippen molar-refractivity contribution >= 4 is 5.97 Å². The summed E-state index contributed by atoms with van der Waals surface area (Å²) in [6.45, 7) is 1.82. The molecule has 1 unspecified atom stereocenters. The Hall–Kier alpha value is -2.14. The first kappa shape index (κ1) is 14.3. The molecule has 0 aliphatic rings. The van der Waals surface area contributed by atoms with Crippen molar-refractivity contribution in [3.63, 3.8) is 0 Å². The number of carbonyl (C=O) groups excluding carboxylic acids is 1. The molecule has 0 saturated heterocycles. The molecule has 0 amide bonds. The van der Waals surface area contributed by atoms with Crippen molar-refractivity contribution in [3.05, 3.63) is 58.8 Å². The van der Waals surface area contributed by atoms with Crippen LogP contribution in [0.4, 0.5) is 4.39 Å². The van der Waals surface area contributed by atoms with E-state index in [-0.39, 0.29) is 17.6 Å². The number of esters is 1. The van der Waals surface area contributed by atoms with Gasteiger partial charge in [-0.3, -0.25) is 0 Å². The van der Waals surface area contributed by atoms with Crippen molar-refractivity contribution in [3.8, 4) is 0 Å². The number of furan rings is 1. The molecule has 1 N–H and O–H groups in total. The largest absolute Gasteiger partial charge is 0.463 e. The second-order valence-corrected chi connectivity index (χ2v) is 4.48. The minimum Gasteiger partial charge on any atom is -0.463 e. The molecule has 5 heteroatoms. The minimum atomic E-state index is -0.540. The highest BCUT2D eigenvalue weighted by Gasteiger charge is 2.19. The number of rotatable bonds is 4. The highest BCUT2D eigenvalue weighted by atomic mass is 19.1. The van der Waals surface area contributed by atoms with Crippen molar-refractivity contribution < 1.29 is 18.3 Å². The number of nitrogens with one attached hydrogen (secondary N) is 1. The molecular formula is C15H16FNO3. The number of hydrogen-bond acceptors (Lipinski definition) is 4. The Morgan fingerprint density at radius 2 is 2.10 bits per heavy atom. The van der Waals surface area contributed by atoms with E-state index in [2.05, 4.69) is 10.1 Å². The van der Waals surface area contributed by atoms with Crippen LogP contribution in [-0.4, -0.2) is 20.1 Å². The fourth-order valence-corrected chi connectivity index (χ4v) is 2.12. The lowest BCUT2D eigenvalue weighted by molar-refractivity contribution is 0.0562. The van der Waals surface area contributed by atoms with Crippen LogP contribution in [0.15, 0.2) is 34.7 Å². The number of benzene rings is 1. The molecule has 1 aromatic heterocycles. The summed E-state index contributed by atoms with van der Waals surface area (Å²) < 4.78 is 23.6. The third kappa shape index (κ3) is 2.88. The standard InChI is InChI=1S/C15H16FNO3/c1-9-6-10(8-11(16)7-9)14(17-2)12-4-5-13(20-12)15(18)19-3/h4-8,14,17H,1-3H3. The first-order chi connectivity index (χ1) is 9.55. The number of aryl methyl sites for hydroxylation is 1. The van der Waals surface area contributed by atoms with Crippen molar-refractivity contribution in [1.82, 2.24) is 5.32 Å². The third-order valence-corrected chi connectivity index (χ3v) is 2.98. The van der Waals surface area contributed by atoms with Gasteiger partial charge in [0.2, 0.25) is 5.76 Å². The smallest absolute Gasteiger partial charge is 0.373 e. The Labute approximate surface area is 116 Å². The second kappa shape index (κ2) is 5.88. The zero-order valence-corrected chi connectivity index (χ0v) is 11.6. The monoisotopic (exact) mass is 277 g/mol. The Balaban J connectivity index is 2.36. The van der Waals surface area contributed by atoms with Gasteiger partial charge in [0.05, 0.1) is 13.2 Å². The normalized spacial score (nSPS) is 12.2. The fraction of sp³-hybridized carbons (Fsp3) is 0.267. The van der Waals surface area contributed by atoms with E-state index in [0.29, 0.717) is 5.76 Å². The molecule has 0 aliphatic carbocycles. The van der Waals surface area contributed by atoms with E-state index in [4.69, 9.17) is 4.42 Å². The van der Waals surface area contributed by atoms with Gasteiger partial charge < -0.3 is 14.5 Å². The van der Waals surface area contributed by atoms with E-state index in [0.717, 1.165) is 11.1 Å². The molecule has 0 saturated carbocycles. The van der Waals surface area contributed by atoms with Gasteiger partial charge in [-0.1, -0.05) is 6.07 Å². The summed E-state index contributed by atoms with van der Waals surface area (Å²) in [5.41, 5.74) is 1.55. The lowest BCUT2D eigenvalue weighted by Gasteiger charge is -2.15. The quantitative estimate of drug-likeness (QED) is 0.873. The van der Waals surface area contributed by atoms with E-state index < -0.39 is 5.97 Å². The molecule has 1 heterocycles. The Morgan fingerprint density at radius 1 is 1.35 bits per heavy atom. The van der Waals surface area contributed by atoms with E-state index in [1.165, 1.54) is 25.3 Å². The van der Waals surface area contributed by atoms with Crippen molar-refractivity contribution in [2.45, 2.75) is 13.0 Å². The highest BCUT2D eigenvalue weighted by molar-refractivity contribution is 5.86. The molecule has 1 aromatic carbocycles. The van der Waals surface area contributed by atoms with Crippen LogP contribution in [0.3, 0.4) is 0 Å². The van der Waals surface area contributed by atoms with E-state index >= 15 is 0 Å². The lowest BCUT2D eigenvalue weighted by atomic mass is 10.0. The molecule has 2 aromatic rings. The molecule has 106 valence electrons. The highest BCUT2D eigenvalue weighted by Crippen LogP contribution is 2.25. The number of hydrogen-bond donors (Lipinski definition) is 1. The average molecular weight is 277 g/mol. The molecule has 0 spiro atoms. The molecule has 0 aliphatic heterocycles. The molecule has 0 radical (unpaired) electrons. The van der Waals surface area contributed by atoms with Gasteiger partial charge in [-0.05, 0) is 49.4 Å². The summed E-state index contributed by atoms with van der Waals surface area (Å²) in [7, 11) is 3.03. The van der Waals surface area contributed by atoms with Gasteiger partial charge in [-0.25, -0.2) is 9.18 Å².